The van der Waals surface area contributed by atoms with E-state index in [9.17, 15) is 9.59 Å². The summed E-state index contributed by atoms with van der Waals surface area (Å²) >= 11 is 0. The van der Waals surface area contributed by atoms with Gasteiger partial charge in [-0.1, -0.05) is 31.4 Å². The van der Waals surface area contributed by atoms with E-state index in [0.29, 0.717) is 18.9 Å². The number of hydrogen-bond acceptors (Lipinski definition) is 4. The topological polar surface area (TPSA) is 76.5 Å². The molecule has 1 saturated carbocycles. The molecule has 30 heavy (non-hydrogen) atoms. The number of carbonyl (C=O) groups excluding carboxylic acids is 2. The number of aromatic nitrogens is 2. The molecule has 0 spiro atoms. The zero-order valence-corrected chi connectivity index (χ0v) is 17.6. The average Bonchev–Trinajstić information content (AvgIpc) is 3.40. The van der Waals surface area contributed by atoms with E-state index in [4.69, 9.17) is 4.74 Å². The number of imidazole rings is 1. The Kier molecular flexibility index (Phi) is 5.01. The molecular weight excluding hydrogens is 380 g/mol. The largest absolute Gasteiger partial charge is 0.376 e. The molecular formula is C23H30N4O3. The summed E-state index contributed by atoms with van der Waals surface area (Å²) in [7, 11) is 0. The van der Waals surface area contributed by atoms with E-state index < -0.39 is 5.54 Å². The minimum absolute atomic E-state index is 0.0216. The molecule has 160 valence electrons. The molecule has 0 bridgehead atoms. The molecule has 3 heterocycles. The third-order valence-corrected chi connectivity index (χ3v) is 6.99. The molecule has 2 aromatic rings. The van der Waals surface area contributed by atoms with Crippen molar-refractivity contribution in [3.8, 4) is 0 Å². The Morgan fingerprint density at radius 1 is 1.20 bits per heavy atom. The summed E-state index contributed by atoms with van der Waals surface area (Å²) < 4.78 is 7.74. The summed E-state index contributed by atoms with van der Waals surface area (Å²) in [5, 5.41) is 3.27. The third-order valence-electron chi connectivity index (χ3n) is 6.99. The van der Waals surface area contributed by atoms with Crippen LogP contribution in [0.15, 0.2) is 24.3 Å². The van der Waals surface area contributed by atoms with Crippen molar-refractivity contribution >= 4 is 22.8 Å². The van der Waals surface area contributed by atoms with E-state index in [1.165, 1.54) is 6.42 Å². The number of nitrogens with zero attached hydrogens (tertiary/aromatic N) is 3. The molecule has 0 radical (unpaired) electrons. The second-order valence-corrected chi connectivity index (χ2v) is 9.14. The highest BCUT2D eigenvalue weighted by Gasteiger charge is 2.49. The van der Waals surface area contributed by atoms with Crippen molar-refractivity contribution in [2.75, 3.05) is 13.2 Å². The number of hydrogen-bond donors (Lipinski definition) is 1. The van der Waals surface area contributed by atoms with Crippen molar-refractivity contribution in [3.63, 3.8) is 0 Å². The number of benzene rings is 1. The van der Waals surface area contributed by atoms with Gasteiger partial charge in [0.1, 0.15) is 5.54 Å². The van der Waals surface area contributed by atoms with Crippen LogP contribution in [0.4, 0.5) is 0 Å². The first-order valence-electron chi connectivity index (χ1n) is 11.3. The smallest absolute Gasteiger partial charge is 0.290 e. The van der Waals surface area contributed by atoms with Crippen molar-refractivity contribution in [1.29, 1.82) is 0 Å². The van der Waals surface area contributed by atoms with Crippen LogP contribution in [-0.4, -0.2) is 57.1 Å². The van der Waals surface area contributed by atoms with Crippen LogP contribution in [0.5, 0.6) is 0 Å². The molecule has 5 rings (SSSR count). The van der Waals surface area contributed by atoms with E-state index in [-0.39, 0.29) is 24.0 Å². The first-order valence-corrected chi connectivity index (χ1v) is 11.3. The number of rotatable bonds is 4. The lowest BCUT2D eigenvalue weighted by Crippen LogP contribution is -2.66. The molecule has 0 unspecified atom stereocenters. The predicted octanol–water partition coefficient (Wildman–Crippen LogP) is 2.88. The van der Waals surface area contributed by atoms with Gasteiger partial charge in [0.15, 0.2) is 5.82 Å². The molecule has 1 aliphatic carbocycles. The highest BCUT2D eigenvalue weighted by atomic mass is 16.5. The summed E-state index contributed by atoms with van der Waals surface area (Å²) in [6, 6.07) is 7.94. The van der Waals surface area contributed by atoms with Gasteiger partial charge in [-0.15, -0.1) is 0 Å². The van der Waals surface area contributed by atoms with Crippen molar-refractivity contribution in [2.45, 2.75) is 76.1 Å². The maximum Gasteiger partial charge on any atom is 0.290 e. The Hall–Kier alpha value is -2.41. The maximum absolute atomic E-state index is 13.6. The predicted molar refractivity (Wildman–Crippen MR) is 113 cm³/mol. The Bertz CT molecular complexity index is 959. The van der Waals surface area contributed by atoms with Crippen molar-refractivity contribution in [3.05, 3.63) is 30.1 Å². The number of nitrogens with one attached hydrogen (secondary N) is 1. The van der Waals surface area contributed by atoms with Crippen LogP contribution >= 0.6 is 0 Å². The van der Waals surface area contributed by atoms with Crippen LogP contribution in [0.1, 0.15) is 62.5 Å². The fourth-order valence-electron chi connectivity index (χ4n) is 5.20. The lowest BCUT2D eigenvalue weighted by molar-refractivity contribution is -0.134. The molecule has 7 heteroatoms. The highest BCUT2D eigenvalue weighted by Crippen LogP contribution is 2.32. The lowest BCUT2D eigenvalue weighted by Gasteiger charge is -2.45. The minimum atomic E-state index is -0.975. The van der Waals surface area contributed by atoms with Gasteiger partial charge < -0.3 is 19.5 Å². The molecule has 1 aromatic carbocycles. The van der Waals surface area contributed by atoms with Crippen LogP contribution in [0.2, 0.25) is 0 Å². The van der Waals surface area contributed by atoms with Crippen molar-refractivity contribution in [1.82, 2.24) is 19.8 Å². The Morgan fingerprint density at radius 2 is 2.00 bits per heavy atom. The third kappa shape index (κ3) is 3.29. The van der Waals surface area contributed by atoms with Gasteiger partial charge in [0.25, 0.3) is 5.91 Å². The zero-order chi connectivity index (χ0) is 20.7. The Labute approximate surface area is 176 Å². The molecule has 1 saturated heterocycles. The van der Waals surface area contributed by atoms with Crippen LogP contribution in [0, 0.1) is 0 Å². The lowest BCUT2D eigenvalue weighted by atomic mass is 9.91. The number of amides is 2. The van der Waals surface area contributed by atoms with Gasteiger partial charge in [0, 0.05) is 19.2 Å². The van der Waals surface area contributed by atoms with E-state index in [2.05, 4.69) is 10.3 Å². The van der Waals surface area contributed by atoms with Crippen LogP contribution in [0.3, 0.4) is 0 Å². The highest BCUT2D eigenvalue weighted by molar-refractivity contribution is 6.01. The second-order valence-electron chi connectivity index (χ2n) is 9.14. The van der Waals surface area contributed by atoms with Gasteiger partial charge in [0.2, 0.25) is 5.91 Å². The first kappa shape index (κ1) is 19.5. The van der Waals surface area contributed by atoms with Gasteiger partial charge in [-0.3, -0.25) is 9.59 Å². The van der Waals surface area contributed by atoms with Crippen LogP contribution < -0.4 is 5.32 Å². The average molecular weight is 411 g/mol. The summed E-state index contributed by atoms with van der Waals surface area (Å²) in [6.07, 6.45) is 7.45. The van der Waals surface area contributed by atoms with Gasteiger partial charge >= 0.3 is 0 Å². The van der Waals surface area contributed by atoms with E-state index in [1.54, 1.807) is 4.90 Å². The van der Waals surface area contributed by atoms with E-state index in [1.807, 2.05) is 35.8 Å². The SMILES string of the molecule is C[C@]1(C(=O)NC2CCCCC2)Cn2c(nc3ccccc32)C(=O)N1C[C@H]1CCCO1. The van der Waals surface area contributed by atoms with Crippen LogP contribution in [0.25, 0.3) is 11.0 Å². The summed E-state index contributed by atoms with van der Waals surface area (Å²) in [6.45, 7) is 3.45. The molecule has 2 amide bonds. The van der Waals surface area contributed by atoms with Crippen molar-refractivity contribution in [2.24, 2.45) is 0 Å². The molecule has 2 aliphatic heterocycles. The van der Waals surface area contributed by atoms with E-state index >= 15 is 0 Å². The van der Waals surface area contributed by atoms with Crippen LogP contribution in [-0.2, 0) is 16.1 Å². The fourth-order valence-corrected chi connectivity index (χ4v) is 5.20. The molecule has 2 atom stereocenters. The molecule has 2 fully saturated rings. The maximum atomic E-state index is 13.6. The molecule has 1 N–H and O–H groups in total. The van der Waals surface area contributed by atoms with Gasteiger partial charge in [-0.05, 0) is 44.7 Å². The minimum Gasteiger partial charge on any atom is -0.376 e. The van der Waals surface area contributed by atoms with Gasteiger partial charge in [-0.25, -0.2) is 4.98 Å². The standard InChI is InChI=1S/C23H30N4O3/c1-23(22(29)24-16-8-3-2-4-9-16)15-26-19-12-6-5-11-18(19)25-20(26)21(28)27(23)14-17-10-7-13-30-17/h5-6,11-12,16-17H,2-4,7-10,13-15H2,1H3,(H,24,29)/t17-,23-/m1/s1. The summed E-state index contributed by atoms with van der Waals surface area (Å²) in [4.78, 5) is 33.5. The Balaban J connectivity index is 1.51. The number of fused-ring (bicyclic) bond motifs is 3. The monoisotopic (exact) mass is 410 g/mol. The number of ether oxygens (including phenoxy) is 1. The van der Waals surface area contributed by atoms with Gasteiger partial charge in [0.05, 0.1) is 23.7 Å². The molecule has 7 nitrogen and oxygen atoms in total. The number of carbonyl (C=O) groups is 2. The zero-order valence-electron chi connectivity index (χ0n) is 17.6. The first-order chi connectivity index (χ1) is 14.6. The molecule has 1 aromatic heterocycles. The summed E-state index contributed by atoms with van der Waals surface area (Å²) in [5.41, 5.74) is 0.709. The summed E-state index contributed by atoms with van der Waals surface area (Å²) in [5.74, 6) is 0.163. The number of para-hydroxylation sites is 2. The van der Waals surface area contributed by atoms with E-state index in [0.717, 1.165) is 56.2 Å². The Morgan fingerprint density at radius 3 is 2.77 bits per heavy atom. The molecule has 3 aliphatic rings. The van der Waals surface area contributed by atoms with Gasteiger partial charge in [-0.2, -0.15) is 0 Å². The fraction of sp³-hybridized carbons (Fsp3) is 0.609. The van der Waals surface area contributed by atoms with Crippen molar-refractivity contribution < 1.29 is 14.3 Å². The quantitative estimate of drug-likeness (QED) is 0.841. The second kappa shape index (κ2) is 7.69. The normalized spacial score (nSPS) is 27.4.